The third kappa shape index (κ3) is 3.45. The zero-order chi connectivity index (χ0) is 20.7. The van der Waals surface area contributed by atoms with E-state index in [4.69, 9.17) is 22.1 Å². The molecular formula is C21H22ClN3O4. The van der Waals surface area contributed by atoms with E-state index in [1.807, 2.05) is 12.1 Å². The van der Waals surface area contributed by atoms with Gasteiger partial charge in [0.2, 0.25) is 5.75 Å². The molecule has 2 aromatic rings. The fourth-order valence-electron chi connectivity index (χ4n) is 4.73. The molecule has 2 aromatic carbocycles. The first-order chi connectivity index (χ1) is 13.9. The quantitative estimate of drug-likeness (QED) is 0.611. The van der Waals surface area contributed by atoms with Crippen LogP contribution in [-0.2, 0) is 17.6 Å². The molecule has 1 aliphatic heterocycles. The van der Waals surface area contributed by atoms with Crippen LogP contribution in [0.15, 0.2) is 30.3 Å². The van der Waals surface area contributed by atoms with Crippen LogP contribution in [0.1, 0.15) is 34.6 Å². The lowest BCUT2D eigenvalue weighted by Crippen LogP contribution is -2.39. The SMILES string of the molecule is CN1CCc2cc(Cl)c(OCC(N)=O)c([N+](=O)[O-])c2[C@H]2c3ccccc3CC[C@@H]21. The first-order valence-electron chi connectivity index (χ1n) is 9.57. The summed E-state index contributed by atoms with van der Waals surface area (Å²) in [5.74, 6) is -0.970. The topological polar surface area (TPSA) is 98.7 Å². The van der Waals surface area contributed by atoms with Crippen molar-refractivity contribution >= 4 is 23.2 Å². The Bertz CT molecular complexity index is 994. The Morgan fingerprint density at radius 3 is 2.83 bits per heavy atom. The van der Waals surface area contributed by atoms with E-state index >= 15 is 0 Å². The van der Waals surface area contributed by atoms with Gasteiger partial charge >= 0.3 is 5.69 Å². The average molecular weight is 416 g/mol. The number of ether oxygens (including phenoxy) is 1. The first-order valence-corrected chi connectivity index (χ1v) is 9.95. The van der Waals surface area contributed by atoms with Crippen molar-refractivity contribution in [3.63, 3.8) is 0 Å². The number of hydrogen-bond donors (Lipinski definition) is 1. The number of hydrogen-bond acceptors (Lipinski definition) is 5. The van der Waals surface area contributed by atoms with Crippen molar-refractivity contribution < 1.29 is 14.5 Å². The van der Waals surface area contributed by atoms with Gasteiger partial charge in [-0.25, -0.2) is 0 Å². The average Bonchev–Trinajstić information content (AvgIpc) is 2.82. The number of nitro benzene ring substituents is 1. The Labute approximate surface area is 173 Å². The second kappa shape index (κ2) is 7.65. The minimum atomic E-state index is -0.717. The Balaban J connectivity index is 1.99. The summed E-state index contributed by atoms with van der Waals surface area (Å²) in [6.07, 6.45) is 2.50. The number of aryl methyl sites for hydroxylation is 1. The molecule has 1 amide bonds. The molecule has 0 saturated heterocycles. The van der Waals surface area contributed by atoms with Crippen LogP contribution in [0.25, 0.3) is 0 Å². The largest absolute Gasteiger partial charge is 0.476 e. The lowest BCUT2D eigenvalue weighted by atomic mass is 9.74. The zero-order valence-electron chi connectivity index (χ0n) is 16.1. The Hall–Kier alpha value is -2.64. The maximum absolute atomic E-state index is 12.2. The van der Waals surface area contributed by atoms with Crippen molar-refractivity contribution in [2.45, 2.75) is 31.2 Å². The summed E-state index contributed by atoms with van der Waals surface area (Å²) in [4.78, 5) is 25.3. The molecule has 2 N–H and O–H groups in total. The lowest BCUT2D eigenvalue weighted by molar-refractivity contribution is -0.386. The van der Waals surface area contributed by atoms with Crippen molar-refractivity contribution in [2.75, 3.05) is 20.2 Å². The van der Waals surface area contributed by atoms with Gasteiger partial charge in [-0.1, -0.05) is 35.9 Å². The van der Waals surface area contributed by atoms with Crippen LogP contribution in [0.5, 0.6) is 5.75 Å². The predicted octanol–water partition coefficient (Wildman–Crippen LogP) is 3.05. The maximum Gasteiger partial charge on any atom is 0.316 e. The Morgan fingerprint density at radius 2 is 2.10 bits per heavy atom. The molecule has 0 unspecified atom stereocenters. The molecule has 1 aliphatic carbocycles. The highest BCUT2D eigenvalue weighted by atomic mass is 35.5. The van der Waals surface area contributed by atoms with E-state index in [1.165, 1.54) is 5.56 Å². The van der Waals surface area contributed by atoms with Gasteiger partial charge in [-0.2, -0.15) is 0 Å². The number of halogens is 1. The molecule has 0 fully saturated rings. The van der Waals surface area contributed by atoms with E-state index < -0.39 is 17.4 Å². The van der Waals surface area contributed by atoms with Gasteiger partial charge in [0.25, 0.3) is 5.91 Å². The third-order valence-electron chi connectivity index (χ3n) is 5.97. The van der Waals surface area contributed by atoms with Gasteiger partial charge in [-0.15, -0.1) is 0 Å². The number of primary amides is 1. The molecule has 1 heterocycles. The Morgan fingerprint density at radius 1 is 1.34 bits per heavy atom. The molecule has 0 spiro atoms. The minimum Gasteiger partial charge on any atom is -0.476 e. The van der Waals surface area contributed by atoms with Gasteiger partial charge in [0.05, 0.1) is 9.95 Å². The second-order valence-corrected chi connectivity index (χ2v) is 8.04. The van der Waals surface area contributed by atoms with Gasteiger partial charge in [-0.3, -0.25) is 14.9 Å². The number of nitrogens with zero attached hydrogens (tertiary/aromatic N) is 2. The van der Waals surface area contributed by atoms with Gasteiger partial charge in [-0.05, 0) is 49.1 Å². The predicted molar refractivity (Wildman–Crippen MR) is 110 cm³/mol. The molecular weight excluding hydrogens is 394 g/mol. The van der Waals surface area contributed by atoms with E-state index in [-0.39, 0.29) is 28.4 Å². The normalized spacial score (nSPS) is 20.8. The molecule has 7 nitrogen and oxygen atoms in total. The molecule has 0 saturated carbocycles. The van der Waals surface area contributed by atoms with Crippen LogP contribution in [0.2, 0.25) is 5.02 Å². The zero-order valence-corrected chi connectivity index (χ0v) is 16.8. The summed E-state index contributed by atoms with van der Waals surface area (Å²) in [5.41, 5.74) is 8.83. The number of likely N-dealkylation sites (N-methyl/N-ethyl adjacent to an activating group) is 1. The fraction of sp³-hybridized carbons (Fsp3) is 0.381. The number of benzene rings is 2. The molecule has 0 radical (unpaired) electrons. The second-order valence-electron chi connectivity index (χ2n) is 7.63. The summed E-state index contributed by atoms with van der Waals surface area (Å²) in [6.45, 7) is 0.315. The van der Waals surface area contributed by atoms with E-state index in [2.05, 4.69) is 24.1 Å². The van der Waals surface area contributed by atoms with E-state index in [0.29, 0.717) is 12.0 Å². The molecule has 0 bridgehead atoms. The maximum atomic E-state index is 12.2. The Kier molecular flexibility index (Phi) is 5.19. The molecule has 4 rings (SSSR count). The van der Waals surface area contributed by atoms with E-state index in [9.17, 15) is 14.9 Å². The summed E-state index contributed by atoms with van der Waals surface area (Å²) in [7, 11) is 2.06. The van der Waals surface area contributed by atoms with E-state index in [0.717, 1.165) is 30.5 Å². The van der Waals surface area contributed by atoms with E-state index in [1.54, 1.807) is 6.07 Å². The number of carbonyl (C=O) groups is 1. The number of nitro groups is 1. The highest BCUT2D eigenvalue weighted by molar-refractivity contribution is 6.32. The molecule has 2 aliphatic rings. The highest BCUT2D eigenvalue weighted by Crippen LogP contribution is 2.50. The molecule has 2 atom stereocenters. The van der Waals surface area contributed by atoms with Gasteiger partial charge < -0.3 is 15.4 Å². The van der Waals surface area contributed by atoms with Gasteiger partial charge in [0.15, 0.2) is 6.61 Å². The van der Waals surface area contributed by atoms with Crippen molar-refractivity contribution in [2.24, 2.45) is 5.73 Å². The monoisotopic (exact) mass is 415 g/mol. The summed E-state index contributed by atoms with van der Waals surface area (Å²) in [5, 5.41) is 12.3. The number of carbonyl (C=O) groups excluding carboxylic acids is 1. The molecule has 0 aromatic heterocycles. The third-order valence-corrected chi connectivity index (χ3v) is 6.25. The molecule has 152 valence electrons. The lowest BCUT2D eigenvalue weighted by Gasteiger charge is -2.38. The van der Waals surface area contributed by atoms with Crippen LogP contribution < -0.4 is 10.5 Å². The standard InChI is InChI=1S/C21H22ClN3O4/c1-24-9-8-13-10-15(22)21(29-11-17(23)26)20(25(27)28)18(13)19-14-5-3-2-4-12(14)6-7-16(19)24/h2-5,10,16,19H,6-9,11H2,1H3,(H2,23,26)/t16-,19-/m0/s1. The highest BCUT2D eigenvalue weighted by Gasteiger charge is 2.42. The fourth-order valence-corrected chi connectivity index (χ4v) is 5.00. The van der Waals surface area contributed by atoms with Crippen molar-refractivity contribution in [3.05, 3.63) is 67.7 Å². The molecule has 29 heavy (non-hydrogen) atoms. The van der Waals surface area contributed by atoms with Crippen LogP contribution in [0.3, 0.4) is 0 Å². The summed E-state index contributed by atoms with van der Waals surface area (Å²) >= 11 is 6.36. The van der Waals surface area contributed by atoms with Gasteiger partial charge in [0.1, 0.15) is 0 Å². The van der Waals surface area contributed by atoms with Crippen LogP contribution >= 0.6 is 11.6 Å². The summed E-state index contributed by atoms with van der Waals surface area (Å²) < 4.78 is 5.43. The van der Waals surface area contributed by atoms with Crippen molar-refractivity contribution in [3.8, 4) is 5.75 Å². The number of fused-ring (bicyclic) bond motifs is 5. The number of amides is 1. The molecule has 8 heteroatoms. The van der Waals surface area contributed by atoms with Crippen LogP contribution in [0, 0.1) is 10.1 Å². The minimum absolute atomic E-state index is 0.0828. The smallest absolute Gasteiger partial charge is 0.316 e. The van der Waals surface area contributed by atoms with Crippen molar-refractivity contribution in [1.29, 1.82) is 0 Å². The van der Waals surface area contributed by atoms with Crippen LogP contribution in [-0.4, -0.2) is 42.0 Å². The number of rotatable bonds is 4. The van der Waals surface area contributed by atoms with Crippen LogP contribution in [0.4, 0.5) is 5.69 Å². The first kappa shape index (κ1) is 19.7. The number of nitrogens with two attached hydrogens (primary N) is 1. The van der Waals surface area contributed by atoms with Crippen molar-refractivity contribution in [1.82, 2.24) is 4.90 Å². The summed E-state index contributed by atoms with van der Waals surface area (Å²) in [6, 6.07) is 9.99. The van der Waals surface area contributed by atoms with Gasteiger partial charge in [0, 0.05) is 24.1 Å².